The predicted octanol–water partition coefficient (Wildman–Crippen LogP) is 0.252. The van der Waals surface area contributed by atoms with Crippen LogP contribution in [0.4, 0.5) is 5.95 Å². The van der Waals surface area contributed by atoms with Crippen LogP contribution in [0.25, 0.3) is 0 Å². The quantitative estimate of drug-likeness (QED) is 0.595. The number of carbonyl (C=O) groups is 1. The maximum Gasteiger partial charge on any atom is 0.282 e. The van der Waals surface area contributed by atoms with Crippen LogP contribution in [0.1, 0.15) is 32.1 Å². The van der Waals surface area contributed by atoms with E-state index in [0.29, 0.717) is 51.8 Å². The molecule has 3 heterocycles. The molecule has 0 spiro atoms. The molecule has 0 N–H and O–H groups in total. The van der Waals surface area contributed by atoms with E-state index in [1.807, 2.05) is 4.90 Å². The summed E-state index contributed by atoms with van der Waals surface area (Å²) >= 11 is 0. The SMILES string of the molecule is CN(C1CCCCC1)S(=O)(=O)N1CCN(CC(=O)N2CCN(c3ncccn3)CC2)CC1. The van der Waals surface area contributed by atoms with Gasteiger partial charge in [-0.2, -0.15) is 17.0 Å². The van der Waals surface area contributed by atoms with Crippen molar-refractivity contribution in [3.63, 3.8) is 0 Å². The van der Waals surface area contributed by atoms with E-state index in [0.717, 1.165) is 38.8 Å². The molecule has 4 rings (SSSR count). The molecule has 0 unspecified atom stereocenters. The number of aromatic nitrogens is 2. The zero-order valence-electron chi connectivity index (χ0n) is 19.0. The summed E-state index contributed by atoms with van der Waals surface area (Å²) in [5.74, 6) is 0.810. The summed E-state index contributed by atoms with van der Waals surface area (Å²) in [4.78, 5) is 27.4. The number of amides is 1. The highest BCUT2D eigenvalue weighted by Gasteiger charge is 2.35. The Morgan fingerprint density at radius 3 is 2.22 bits per heavy atom. The van der Waals surface area contributed by atoms with Gasteiger partial charge in [0.15, 0.2) is 0 Å². The lowest BCUT2D eigenvalue weighted by molar-refractivity contribution is -0.133. The van der Waals surface area contributed by atoms with Crippen LogP contribution < -0.4 is 4.90 Å². The highest BCUT2D eigenvalue weighted by atomic mass is 32.2. The molecule has 0 aromatic carbocycles. The molecule has 3 aliphatic rings. The molecule has 1 aromatic rings. The first-order valence-corrected chi connectivity index (χ1v) is 13.1. The Morgan fingerprint density at radius 1 is 0.969 bits per heavy atom. The Balaban J connectivity index is 1.22. The normalized spacial score (nSPS) is 22.4. The fourth-order valence-electron chi connectivity index (χ4n) is 4.84. The van der Waals surface area contributed by atoms with Gasteiger partial charge in [0.25, 0.3) is 10.2 Å². The summed E-state index contributed by atoms with van der Waals surface area (Å²) in [5, 5.41) is 0. The van der Waals surface area contributed by atoms with Crippen molar-refractivity contribution in [1.82, 2.24) is 28.4 Å². The first-order valence-electron chi connectivity index (χ1n) is 11.7. The molecule has 32 heavy (non-hydrogen) atoms. The third-order valence-electron chi connectivity index (χ3n) is 6.94. The van der Waals surface area contributed by atoms with Gasteiger partial charge in [-0.1, -0.05) is 19.3 Å². The van der Waals surface area contributed by atoms with Crippen molar-refractivity contribution in [1.29, 1.82) is 0 Å². The Hall–Kier alpha value is -1.82. The lowest BCUT2D eigenvalue weighted by atomic mass is 9.96. The van der Waals surface area contributed by atoms with Gasteiger partial charge < -0.3 is 9.80 Å². The molecule has 0 radical (unpaired) electrons. The maximum absolute atomic E-state index is 13.1. The van der Waals surface area contributed by atoms with Crippen molar-refractivity contribution < 1.29 is 13.2 Å². The molecule has 10 nitrogen and oxygen atoms in total. The Labute approximate surface area is 191 Å². The Bertz CT molecular complexity index is 847. The van der Waals surface area contributed by atoms with Crippen molar-refractivity contribution in [3.05, 3.63) is 18.5 Å². The van der Waals surface area contributed by atoms with Gasteiger partial charge in [0, 0.05) is 77.8 Å². The monoisotopic (exact) mass is 465 g/mol. The lowest BCUT2D eigenvalue weighted by Gasteiger charge is -2.39. The van der Waals surface area contributed by atoms with Crippen molar-refractivity contribution in [2.24, 2.45) is 0 Å². The number of nitrogens with zero attached hydrogens (tertiary/aromatic N) is 7. The minimum absolute atomic E-state index is 0.106. The van der Waals surface area contributed by atoms with E-state index in [2.05, 4.69) is 19.8 Å². The molecule has 1 aliphatic carbocycles. The average Bonchev–Trinajstić information content (AvgIpc) is 2.85. The van der Waals surface area contributed by atoms with Crippen LogP contribution in [0.5, 0.6) is 0 Å². The average molecular weight is 466 g/mol. The van der Waals surface area contributed by atoms with Gasteiger partial charge in [-0.3, -0.25) is 9.69 Å². The number of piperazine rings is 2. The molecule has 1 saturated carbocycles. The third kappa shape index (κ3) is 5.38. The summed E-state index contributed by atoms with van der Waals surface area (Å²) in [6, 6.07) is 1.91. The van der Waals surface area contributed by atoms with Crippen molar-refractivity contribution in [2.45, 2.75) is 38.1 Å². The van der Waals surface area contributed by atoms with E-state index in [9.17, 15) is 13.2 Å². The highest BCUT2D eigenvalue weighted by molar-refractivity contribution is 7.86. The molecule has 1 amide bonds. The lowest BCUT2D eigenvalue weighted by Crippen LogP contribution is -2.56. The number of carbonyl (C=O) groups excluding carboxylic acids is 1. The molecule has 0 bridgehead atoms. The van der Waals surface area contributed by atoms with Gasteiger partial charge in [-0.25, -0.2) is 9.97 Å². The highest BCUT2D eigenvalue weighted by Crippen LogP contribution is 2.25. The third-order valence-corrected chi connectivity index (χ3v) is 8.98. The van der Waals surface area contributed by atoms with Crippen LogP contribution in [-0.4, -0.2) is 115 Å². The number of hydrogen-bond acceptors (Lipinski definition) is 7. The van der Waals surface area contributed by atoms with Gasteiger partial charge in [-0.05, 0) is 18.9 Å². The maximum atomic E-state index is 13.1. The van der Waals surface area contributed by atoms with E-state index in [1.54, 1.807) is 34.1 Å². The topological polar surface area (TPSA) is 93.2 Å². The molecule has 0 atom stereocenters. The smallest absolute Gasteiger partial charge is 0.282 e. The molecular formula is C21H35N7O3S. The molecular weight excluding hydrogens is 430 g/mol. The van der Waals surface area contributed by atoms with E-state index < -0.39 is 10.2 Å². The Morgan fingerprint density at radius 2 is 1.59 bits per heavy atom. The first-order chi connectivity index (χ1) is 15.4. The van der Waals surface area contributed by atoms with Gasteiger partial charge >= 0.3 is 0 Å². The van der Waals surface area contributed by atoms with E-state index >= 15 is 0 Å². The first kappa shape index (κ1) is 23.3. The summed E-state index contributed by atoms with van der Waals surface area (Å²) < 4.78 is 29.3. The van der Waals surface area contributed by atoms with Gasteiger partial charge in [0.2, 0.25) is 11.9 Å². The van der Waals surface area contributed by atoms with Crippen LogP contribution in [0.15, 0.2) is 18.5 Å². The van der Waals surface area contributed by atoms with Crippen molar-refractivity contribution in [2.75, 3.05) is 70.9 Å². The van der Waals surface area contributed by atoms with Crippen molar-refractivity contribution in [3.8, 4) is 0 Å². The largest absolute Gasteiger partial charge is 0.338 e. The second-order valence-electron chi connectivity index (χ2n) is 8.91. The summed E-state index contributed by atoms with van der Waals surface area (Å²) in [6.45, 7) is 5.12. The minimum Gasteiger partial charge on any atom is -0.338 e. The minimum atomic E-state index is -3.44. The number of anilines is 1. The zero-order chi connectivity index (χ0) is 22.6. The number of hydrogen-bond donors (Lipinski definition) is 0. The van der Waals surface area contributed by atoms with Crippen LogP contribution in [0.3, 0.4) is 0 Å². The number of rotatable bonds is 6. The summed E-state index contributed by atoms with van der Waals surface area (Å²) in [6.07, 6.45) is 8.77. The molecule has 1 aromatic heterocycles. The molecule has 2 saturated heterocycles. The summed E-state index contributed by atoms with van der Waals surface area (Å²) in [7, 11) is -1.72. The van der Waals surface area contributed by atoms with Crippen LogP contribution in [0, 0.1) is 0 Å². The second-order valence-corrected chi connectivity index (χ2v) is 10.9. The molecule has 3 fully saturated rings. The van der Waals surface area contributed by atoms with E-state index in [1.165, 1.54) is 6.42 Å². The van der Waals surface area contributed by atoms with Crippen molar-refractivity contribution >= 4 is 22.1 Å². The standard InChI is InChI=1S/C21H35N7O3S/c1-24(19-6-3-2-4-7-19)32(30,31)28-16-10-25(11-17-28)18-20(29)26-12-14-27(15-13-26)21-22-8-5-9-23-21/h5,8-9,19H,2-4,6-7,10-18H2,1H3. The summed E-state index contributed by atoms with van der Waals surface area (Å²) in [5.41, 5.74) is 0. The van der Waals surface area contributed by atoms with Gasteiger partial charge in [0.05, 0.1) is 6.54 Å². The second kappa shape index (κ2) is 10.4. The predicted molar refractivity (Wildman–Crippen MR) is 122 cm³/mol. The fraction of sp³-hybridized carbons (Fsp3) is 0.762. The van der Waals surface area contributed by atoms with E-state index in [4.69, 9.17) is 0 Å². The fourth-order valence-corrected chi connectivity index (χ4v) is 6.41. The molecule has 11 heteroatoms. The van der Waals surface area contributed by atoms with Crippen LogP contribution in [0.2, 0.25) is 0 Å². The Kier molecular flexibility index (Phi) is 7.59. The van der Waals surface area contributed by atoms with Gasteiger partial charge in [-0.15, -0.1) is 0 Å². The zero-order valence-corrected chi connectivity index (χ0v) is 19.8. The van der Waals surface area contributed by atoms with Gasteiger partial charge in [0.1, 0.15) is 0 Å². The molecule has 178 valence electrons. The molecule has 2 aliphatic heterocycles. The van der Waals surface area contributed by atoms with Crippen LogP contribution in [-0.2, 0) is 15.0 Å². The van der Waals surface area contributed by atoms with Crippen LogP contribution >= 0.6 is 0 Å². The van der Waals surface area contributed by atoms with E-state index in [-0.39, 0.29) is 11.9 Å².